The van der Waals surface area contributed by atoms with E-state index in [2.05, 4.69) is 20.6 Å². The summed E-state index contributed by atoms with van der Waals surface area (Å²) in [5, 5.41) is 21.3. The average Bonchev–Trinajstić information content (AvgIpc) is 2.69. The third kappa shape index (κ3) is 6.82. The van der Waals surface area contributed by atoms with Gasteiger partial charge in [0.2, 0.25) is 0 Å². The molecule has 0 fully saturated rings. The number of carbonyl (C=O) groups is 1. The van der Waals surface area contributed by atoms with Gasteiger partial charge in [-0.05, 0) is 37.0 Å². The van der Waals surface area contributed by atoms with Crippen LogP contribution in [0.4, 0.5) is 11.6 Å². The highest BCUT2D eigenvalue weighted by Crippen LogP contribution is 2.17. The highest BCUT2D eigenvalue weighted by Gasteiger charge is 2.16. The SMILES string of the molecule is N#CCOc1ccc(CCCCNC(=N)NC(=O)c2nc(Cl)c(N)nc2N)cc1. The first-order valence-corrected chi connectivity index (χ1v) is 9.09. The zero-order valence-electron chi connectivity index (χ0n) is 15.5. The molecular weight excluding hydrogens is 396 g/mol. The summed E-state index contributed by atoms with van der Waals surface area (Å²) in [6.45, 7) is 0.532. The predicted octanol–water partition coefficient (Wildman–Crippen LogP) is 1.47. The van der Waals surface area contributed by atoms with Gasteiger partial charge in [0.05, 0.1) is 0 Å². The summed E-state index contributed by atoms with van der Waals surface area (Å²) in [4.78, 5) is 19.6. The number of rotatable bonds is 8. The lowest BCUT2D eigenvalue weighted by molar-refractivity contribution is 0.0971. The molecule has 1 aromatic carbocycles. The number of aromatic nitrogens is 2. The Bertz CT molecular complexity index is 911. The van der Waals surface area contributed by atoms with Crippen molar-refractivity contribution in [3.63, 3.8) is 0 Å². The summed E-state index contributed by atoms with van der Waals surface area (Å²) in [7, 11) is 0. The van der Waals surface area contributed by atoms with Gasteiger partial charge >= 0.3 is 0 Å². The maximum Gasteiger partial charge on any atom is 0.280 e. The second kappa shape index (κ2) is 10.7. The Balaban J connectivity index is 1.69. The number of carbonyl (C=O) groups excluding carboxylic acids is 1. The fraction of sp³-hybridized carbons (Fsp3) is 0.278. The van der Waals surface area contributed by atoms with Gasteiger partial charge in [-0.1, -0.05) is 23.7 Å². The van der Waals surface area contributed by atoms with Crippen LogP contribution in [0.5, 0.6) is 5.75 Å². The molecule has 0 spiro atoms. The van der Waals surface area contributed by atoms with Gasteiger partial charge in [-0.3, -0.25) is 15.5 Å². The fourth-order valence-corrected chi connectivity index (χ4v) is 2.49. The minimum atomic E-state index is -0.701. The summed E-state index contributed by atoms with van der Waals surface area (Å²) < 4.78 is 5.20. The van der Waals surface area contributed by atoms with Crippen molar-refractivity contribution >= 4 is 35.1 Å². The minimum Gasteiger partial charge on any atom is -0.479 e. The summed E-state index contributed by atoms with van der Waals surface area (Å²) >= 11 is 5.74. The molecule has 1 amide bonds. The van der Waals surface area contributed by atoms with Crippen molar-refractivity contribution in [1.82, 2.24) is 20.6 Å². The van der Waals surface area contributed by atoms with Crippen molar-refractivity contribution in [2.24, 2.45) is 0 Å². The zero-order chi connectivity index (χ0) is 21.2. The molecule has 0 aliphatic rings. The molecule has 0 aliphatic heterocycles. The van der Waals surface area contributed by atoms with Crippen LogP contribution in [0.3, 0.4) is 0 Å². The van der Waals surface area contributed by atoms with Gasteiger partial charge < -0.3 is 21.5 Å². The van der Waals surface area contributed by atoms with E-state index < -0.39 is 5.91 Å². The second-order valence-electron chi connectivity index (χ2n) is 5.94. The molecule has 0 aliphatic carbocycles. The Morgan fingerprint density at radius 1 is 1.21 bits per heavy atom. The molecule has 11 heteroatoms. The van der Waals surface area contributed by atoms with Crippen LogP contribution in [0, 0.1) is 16.7 Å². The Morgan fingerprint density at radius 3 is 2.62 bits per heavy atom. The number of hydrogen-bond acceptors (Lipinski definition) is 8. The number of nitrogens with zero attached hydrogens (tertiary/aromatic N) is 3. The highest BCUT2D eigenvalue weighted by atomic mass is 35.5. The first-order chi connectivity index (χ1) is 13.9. The van der Waals surface area contributed by atoms with Crippen LogP contribution in [-0.2, 0) is 6.42 Å². The molecule has 0 bridgehead atoms. The van der Waals surface area contributed by atoms with E-state index in [0.29, 0.717) is 12.3 Å². The van der Waals surface area contributed by atoms with Crippen LogP contribution < -0.4 is 26.8 Å². The molecular formula is C18H21ClN8O2. The Labute approximate surface area is 172 Å². The van der Waals surface area contributed by atoms with Gasteiger partial charge in [-0.25, -0.2) is 9.97 Å². The molecule has 0 saturated carbocycles. The van der Waals surface area contributed by atoms with E-state index in [9.17, 15) is 4.79 Å². The summed E-state index contributed by atoms with van der Waals surface area (Å²) in [5.41, 5.74) is 12.0. The standard InChI is InChI=1S/C18H21ClN8O2/c19-14-16(22)26-15(21)13(25-14)17(28)27-18(23)24-9-2-1-3-11-4-6-12(7-5-11)29-10-8-20/h4-7H,1-3,9-10H2,(H4,21,22,26)(H3,23,24,27,28). The lowest BCUT2D eigenvalue weighted by atomic mass is 10.1. The first kappa shape index (κ1) is 21.7. The van der Waals surface area contributed by atoms with Gasteiger partial charge in [-0.2, -0.15) is 5.26 Å². The number of amides is 1. The van der Waals surface area contributed by atoms with Crippen molar-refractivity contribution in [3.8, 4) is 11.8 Å². The van der Waals surface area contributed by atoms with Crippen molar-refractivity contribution in [3.05, 3.63) is 40.7 Å². The van der Waals surface area contributed by atoms with Gasteiger partial charge in [0.1, 0.15) is 11.8 Å². The predicted molar refractivity (Wildman–Crippen MR) is 110 cm³/mol. The molecule has 0 radical (unpaired) electrons. The Kier molecular flexibility index (Phi) is 8.00. The monoisotopic (exact) mass is 416 g/mol. The Hall–Kier alpha value is -3.58. The maximum absolute atomic E-state index is 12.1. The lowest BCUT2D eigenvalue weighted by Crippen LogP contribution is -2.41. The van der Waals surface area contributed by atoms with Crippen LogP contribution in [0.15, 0.2) is 24.3 Å². The molecule has 7 N–H and O–H groups in total. The van der Waals surface area contributed by atoms with E-state index in [1.807, 2.05) is 30.3 Å². The normalized spacial score (nSPS) is 10.1. The van der Waals surface area contributed by atoms with E-state index in [4.69, 9.17) is 38.5 Å². The summed E-state index contributed by atoms with van der Waals surface area (Å²) in [6, 6.07) is 9.48. The number of halogens is 1. The highest BCUT2D eigenvalue weighted by molar-refractivity contribution is 6.31. The van der Waals surface area contributed by atoms with E-state index in [1.165, 1.54) is 0 Å². The van der Waals surface area contributed by atoms with Gasteiger partial charge in [0.15, 0.2) is 35.0 Å². The van der Waals surface area contributed by atoms with Crippen LogP contribution in [0.2, 0.25) is 5.15 Å². The van der Waals surface area contributed by atoms with E-state index in [-0.39, 0.29) is 35.0 Å². The van der Waals surface area contributed by atoms with Crippen molar-refractivity contribution in [2.45, 2.75) is 19.3 Å². The fourth-order valence-electron chi connectivity index (χ4n) is 2.36. The largest absolute Gasteiger partial charge is 0.479 e. The van der Waals surface area contributed by atoms with Crippen LogP contribution in [0.1, 0.15) is 28.9 Å². The number of unbranched alkanes of at least 4 members (excludes halogenated alkanes) is 1. The third-order valence-corrected chi connectivity index (χ3v) is 4.06. The molecule has 0 saturated heterocycles. The molecule has 2 rings (SSSR count). The summed E-state index contributed by atoms with van der Waals surface area (Å²) in [6.07, 6.45) is 2.54. The Morgan fingerprint density at radius 2 is 1.93 bits per heavy atom. The van der Waals surface area contributed by atoms with Crippen LogP contribution in [0.25, 0.3) is 0 Å². The molecule has 2 aromatic rings. The smallest absolute Gasteiger partial charge is 0.280 e. The number of nitrogens with two attached hydrogens (primary N) is 2. The zero-order valence-corrected chi connectivity index (χ0v) is 16.3. The number of hydrogen-bond donors (Lipinski definition) is 5. The molecule has 152 valence electrons. The number of benzene rings is 1. The number of guanidine groups is 1. The first-order valence-electron chi connectivity index (χ1n) is 8.71. The average molecular weight is 417 g/mol. The quantitative estimate of drug-likeness (QED) is 0.244. The molecule has 1 aromatic heterocycles. The van der Waals surface area contributed by atoms with E-state index in [1.54, 1.807) is 0 Å². The number of ether oxygens (including phenoxy) is 1. The lowest BCUT2D eigenvalue weighted by Gasteiger charge is -2.10. The molecule has 0 unspecified atom stereocenters. The van der Waals surface area contributed by atoms with Gasteiger partial charge in [0.25, 0.3) is 5.91 Å². The van der Waals surface area contributed by atoms with Crippen molar-refractivity contribution < 1.29 is 9.53 Å². The number of nitrogen functional groups attached to an aromatic ring is 2. The molecule has 29 heavy (non-hydrogen) atoms. The molecule has 0 atom stereocenters. The number of aryl methyl sites for hydroxylation is 1. The molecule has 1 heterocycles. The summed E-state index contributed by atoms with van der Waals surface area (Å²) in [5.74, 6) is -0.454. The minimum absolute atomic E-state index is 0.0258. The van der Waals surface area contributed by atoms with E-state index >= 15 is 0 Å². The van der Waals surface area contributed by atoms with Crippen molar-refractivity contribution in [2.75, 3.05) is 24.6 Å². The number of nitriles is 1. The van der Waals surface area contributed by atoms with Gasteiger partial charge in [-0.15, -0.1) is 0 Å². The van der Waals surface area contributed by atoms with Gasteiger partial charge in [0, 0.05) is 6.54 Å². The van der Waals surface area contributed by atoms with E-state index in [0.717, 1.165) is 24.8 Å². The number of nitrogens with one attached hydrogen (secondary N) is 3. The van der Waals surface area contributed by atoms with Crippen molar-refractivity contribution in [1.29, 1.82) is 10.7 Å². The molecule has 10 nitrogen and oxygen atoms in total. The van der Waals surface area contributed by atoms with Crippen LogP contribution in [-0.4, -0.2) is 35.0 Å². The van der Waals surface area contributed by atoms with Crippen LogP contribution >= 0.6 is 11.6 Å². The maximum atomic E-state index is 12.1. The topological polar surface area (TPSA) is 176 Å². The third-order valence-electron chi connectivity index (χ3n) is 3.78. The second-order valence-corrected chi connectivity index (χ2v) is 6.30. The number of anilines is 2.